The third-order valence-corrected chi connectivity index (χ3v) is 4.48. The van der Waals surface area contributed by atoms with Crippen molar-refractivity contribution in [3.8, 4) is 0 Å². The van der Waals surface area contributed by atoms with Crippen molar-refractivity contribution in [3.63, 3.8) is 0 Å². The van der Waals surface area contributed by atoms with E-state index in [-0.39, 0.29) is 5.95 Å². The Hall–Kier alpha value is -3.30. The first-order chi connectivity index (χ1) is 14.4. The van der Waals surface area contributed by atoms with E-state index >= 15 is 0 Å². The number of halogens is 3. The molecule has 0 saturated carbocycles. The fourth-order valence-electron chi connectivity index (χ4n) is 3.00. The summed E-state index contributed by atoms with van der Waals surface area (Å²) in [6.07, 6.45) is -0.577. The van der Waals surface area contributed by atoms with Crippen LogP contribution in [-0.2, 0) is 12.6 Å². The van der Waals surface area contributed by atoms with Crippen LogP contribution in [0, 0.1) is 6.92 Å². The smallest absolute Gasteiger partial charge is 0.361 e. The van der Waals surface area contributed by atoms with E-state index in [0.29, 0.717) is 25.6 Å². The van der Waals surface area contributed by atoms with Gasteiger partial charge in [-0.2, -0.15) is 13.2 Å². The number of hydrogen-bond acceptors (Lipinski definition) is 4. The number of aryl methyl sites for hydroxylation is 1. The molecule has 0 unspecified atom stereocenters. The van der Waals surface area contributed by atoms with E-state index in [1.807, 2.05) is 6.20 Å². The Balaban J connectivity index is 1.42. The van der Waals surface area contributed by atoms with Gasteiger partial charge in [-0.15, -0.1) is 0 Å². The Morgan fingerprint density at radius 3 is 2.70 bits per heavy atom. The van der Waals surface area contributed by atoms with Crippen LogP contribution in [0.2, 0.25) is 0 Å². The lowest BCUT2D eigenvalue weighted by molar-refractivity contribution is -0.141. The Morgan fingerprint density at radius 1 is 1.13 bits per heavy atom. The third-order valence-electron chi connectivity index (χ3n) is 4.48. The number of rotatable bonds is 7. The molecule has 0 aliphatic carbocycles. The van der Waals surface area contributed by atoms with Gasteiger partial charge in [0.2, 0.25) is 5.95 Å². The third kappa shape index (κ3) is 5.62. The van der Waals surface area contributed by atoms with Crippen LogP contribution < -0.4 is 16.0 Å². The van der Waals surface area contributed by atoms with E-state index in [0.717, 1.165) is 24.2 Å². The van der Waals surface area contributed by atoms with Crippen molar-refractivity contribution in [2.24, 2.45) is 4.99 Å². The Labute approximate surface area is 172 Å². The lowest BCUT2D eigenvalue weighted by atomic mass is 10.1. The second-order valence-corrected chi connectivity index (χ2v) is 6.73. The number of aromatic nitrogens is 3. The van der Waals surface area contributed by atoms with E-state index in [2.05, 4.69) is 61.0 Å². The number of alkyl halides is 3. The molecule has 0 bridgehead atoms. The summed E-state index contributed by atoms with van der Waals surface area (Å²) >= 11 is 0. The van der Waals surface area contributed by atoms with E-state index in [4.69, 9.17) is 0 Å². The van der Waals surface area contributed by atoms with Gasteiger partial charge in [0.05, 0.1) is 0 Å². The average Bonchev–Trinajstić information content (AvgIpc) is 3.11. The van der Waals surface area contributed by atoms with Crippen molar-refractivity contribution < 1.29 is 13.2 Å². The molecule has 0 aliphatic rings. The fourth-order valence-corrected chi connectivity index (χ4v) is 3.00. The molecule has 7 nitrogen and oxygen atoms in total. The summed E-state index contributed by atoms with van der Waals surface area (Å²) in [4.78, 5) is 14.7. The van der Waals surface area contributed by atoms with E-state index < -0.39 is 11.9 Å². The van der Waals surface area contributed by atoms with E-state index in [1.54, 1.807) is 7.05 Å². The molecule has 3 aromatic rings. The normalized spacial score (nSPS) is 12.2. The number of guanidine groups is 1. The monoisotopic (exact) mass is 419 g/mol. The molecular weight excluding hydrogens is 395 g/mol. The molecule has 2 heterocycles. The summed E-state index contributed by atoms with van der Waals surface area (Å²) in [6, 6.07) is 7.16. The van der Waals surface area contributed by atoms with Gasteiger partial charge in [0.15, 0.2) is 5.96 Å². The fraction of sp³-hybridized carbons (Fsp3) is 0.350. The van der Waals surface area contributed by atoms with Gasteiger partial charge in [-0.1, -0.05) is 12.1 Å². The van der Waals surface area contributed by atoms with Crippen molar-refractivity contribution >= 4 is 22.8 Å². The van der Waals surface area contributed by atoms with Gasteiger partial charge in [-0.05, 0) is 36.6 Å². The lowest BCUT2D eigenvalue weighted by Crippen LogP contribution is -2.40. The van der Waals surface area contributed by atoms with Gasteiger partial charge in [-0.3, -0.25) is 4.99 Å². The van der Waals surface area contributed by atoms with Crippen molar-refractivity contribution in [1.29, 1.82) is 0 Å². The highest BCUT2D eigenvalue weighted by molar-refractivity contribution is 5.84. The minimum absolute atomic E-state index is 0.0656. The summed E-state index contributed by atoms with van der Waals surface area (Å²) in [5.41, 5.74) is 2.58. The van der Waals surface area contributed by atoms with Crippen LogP contribution in [0.4, 0.5) is 19.1 Å². The van der Waals surface area contributed by atoms with Crippen LogP contribution in [0.3, 0.4) is 0 Å². The zero-order chi connectivity index (χ0) is 21.6. The maximum Gasteiger partial charge on any atom is 0.433 e. The number of H-pyrrole nitrogens is 1. The van der Waals surface area contributed by atoms with Crippen LogP contribution >= 0.6 is 0 Å². The zero-order valence-corrected chi connectivity index (χ0v) is 16.8. The van der Waals surface area contributed by atoms with Crippen molar-refractivity contribution in [2.45, 2.75) is 19.5 Å². The van der Waals surface area contributed by atoms with Crippen molar-refractivity contribution in [2.75, 3.05) is 32.0 Å². The largest absolute Gasteiger partial charge is 0.433 e. The van der Waals surface area contributed by atoms with Gasteiger partial charge in [0.1, 0.15) is 5.69 Å². The molecule has 0 aliphatic heterocycles. The standard InChI is InChI=1S/C20H24F3N7/c1-13-3-4-15-14(12-29-16(15)11-13)5-7-25-18(24-2)27-9-10-28-19-26-8-6-17(30-19)20(21,22)23/h3-4,6,8,11-12,29H,5,7,9-10H2,1-2H3,(H2,24,25,27)(H,26,28,30). The predicted molar refractivity (Wildman–Crippen MR) is 112 cm³/mol. The molecule has 2 aromatic heterocycles. The summed E-state index contributed by atoms with van der Waals surface area (Å²) in [5, 5.41) is 10.3. The van der Waals surface area contributed by atoms with Crippen LogP contribution in [0.15, 0.2) is 41.7 Å². The molecule has 160 valence electrons. The first kappa shape index (κ1) is 21.4. The highest BCUT2D eigenvalue weighted by Gasteiger charge is 2.32. The minimum atomic E-state index is -4.49. The summed E-state index contributed by atoms with van der Waals surface area (Å²) in [5.74, 6) is 0.543. The molecule has 0 saturated heterocycles. The first-order valence-corrected chi connectivity index (χ1v) is 9.52. The van der Waals surface area contributed by atoms with Gasteiger partial charge >= 0.3 is 6.18 Å². The Bertz CT molecular complexity index is 1010. The molecule has 0 atom stereocenters. The molecule has 1 aromatic carbocycles. The summed E-state index contributed by atoms with van der Waals surface area (Å²) < 4.78 is 38.0. The van der Waals surface area contributed by atoms with E-state index in [9.17, 15) is 13.2 Å². The maximum atomic E-state index is 12.7. The lowest BCUT2D eigenvalue weighted by Gasteiger charge is -2.12. The number of fused-ring (bicyclic) bond motifs is 1. The first-order valence-electron chi connectivity index (χ1n) is 9.52. The molecule has 0 amide bonds. The molecule has 30 heavy (non-hydrogen) atoms. The topological polar surface area (TPSA) is 90.0 Å². The number of nitrogens with zero attached hydrogens (tertiary/aromatic N) is 3. The average molecular weight is 419 g/mol. The van der Waals surface area contributed by atoms with Crippen LogP contribution in [-0.4, -0.2) is 47.6 Å². The van der Waals surface area contributed by atoms with Crippen LogP contribution in [0.5, 0.6) is 0 Å². The summed E-state index contributed by atoms with van der Waals surface area (Å²) in [6.45, 7) is 3.52. The molecule has 3 rings (SSSR count). The van der Waals surface area contributed by atoms with Crippen LogP contribution in [0.1, 0.15) is 16.8 Å². The van der Waals surface area contributed by atoms with Gasteiger partial charge in [0.25, 0.3) is 0 Å². The van der Waals surface area contributed by atoms with Crippen molar-refractivity contribution in [3.05, 3.63) is 53.5 Å². The maximum absolute atomic E-state index is 12.7. The minimum Gasteiger partial charge on any atom is -0.361 e. The highest BCUT2D eigenvalue weighted by Crippen LogP contribution is 2.27. The Kier molecular flexibility index (Phi) is 6.76. The zero-order valence-electron chi connectivity index (χ0n) is 16.8. The van der Waals surface area contributed by atoms with E-state index in [1.165, 1.54) is 16.5 Å². The predicted octanol–water partition coefficient (Wildman–Crippen LogP) is 3.10. The summed E-state index contributed by atoms with van der Waals surface area (Å²) in [7, 11) is 1.66. The molecule has 0 radical (unpaired) electrons. The number of anilines is 1. The molecule has 10 heteroatoms. The molecule has 0 spiro atoms. The molecular formula is C20H24F3N7. The number of aromatic amines is 1. The molecule has 0 fully saturated rings. The van der Waals surface area contributed by atoms with Gasteiger partial charge in [-0.25, -0.2) is 9.97 Å². The van der Waals surface area contributed by atoms with Crippen molar-refractivity contribution in [1.82, 2.24) is 25.6 Å². The highest BCUT2D eigenvalue weighted by atomic mass is 19.4. The number of hydrogen-bond donors (Lipinski definition) is 4. The number of nitrogens with one attached hydrogen (secondary N) is 4. The molecule has 4 N–H and O–H groups in total. The Morgan fingerprint density at radius 2 is 1.93 bits per heavy atom. The number of aliphatic imine (C=N–C) groups is 1. The second-order valence-electron chi connectivity index (χ2n) is 6.73. The SMILES string of the molecule is CN=C(NCCNc1nccc(C(F)(F)F)n1)NCCc1c[nH]c2cc(C)ccc12. The quantitative estimate of drug-likeness (QED) is 0.268. The second kappa shape index (κ2) is 9.47. The van der Waals surface area contributed by atoms with Crippen LogP contribution in [0.25, 0.3) is 10.9 Å². The number of benzene rings is 1. The van der Waals surface area contributed by atoms with Gasteiger partial charge < -0.3 is 20.9 Å². The van der Waals surface area contributed by atoms with Gasteiger partial charge in [0, 0.05) is 50.0 Å².